The molecule has 2 fully saturated rings. The van der Waals surface area contributed by atoms with Gasteiger partial charge in [0.15, 0.2) is 0 Å². The molecule has 0 radical (unpaired) electrons. The minimum absolute atomic E-state index is 0.0828. The van der Waals surface area contributed by atoms with E-state index in [1.807, 2.05) is 54.6 Å². The normalized spacial score (nSPS) is 19.7. The predicted octanol–water partition coefficient (Wildman–Crippen LogP) is 4.23. The first-order valence-corrected chi connectivity index (χ1v) is 12.3. The van der Waals surface area contributed by atoms with Gasteiger partial charge in [-0.2, -0.15) is 0 Å². The van der Waals surface area contributed by atoms with E-state index in [0.717, 1.165) is 43.2 Å². The molecular weight excluding hydrogens is 440 g/mol. The molecule has 0 aliphatic carbocycles. The maximum absolute atomic E-state index is 10.9. The summed E-state index contributed by atoms with van der Waals surface area (Å²) in [4.78, 5) is 16.0. The number of nitrogens with zero attached hydrogens (tertiary/aromatic N) is 2. The molecule has 0 spiro atoms. The van der Waals surface area contributed by atoms with Gasteiger partial charge in [0.25, 0.3) is 0 Å². The number of hydrogen-bond donors (Lipinski definition) is 1. The SMILES string of the molecule is O=C(O)Cc1ccc(CN2C[C@@H]3C[C@@H]2CN3Cc2ccc(OCCOc3ccccc3)cc2)cc1. The molecule has 35 heavy (non-hydrogen) atoms. The molecule has 2 saturated heterocycles. The van der Waals surface area contributed by atoms with Gasteiger partial charge in [-0.1, -0.05) is 54.6 Å². The summed E-state index contributed by atoms with van der Waals surface area (Å²) in [5.41, 5.74) is 3.42. The molecular formula is C29H32N2O4. The number of benzene rings is 3. The predicted molar refractivity (Wildman–Crippen MR) is 135 cm³/mol. The van der Waals surface area contributed by atoms with Crippen molar-refractivity contribution in [2.45, 2.75) is 38.0 Å². The zero-order valence-electron chi connectivity index (χ0n) is 19.9. The molecule has 0 unspecified atom stereocenters. The molecule has 2 bridgehead atoms. The number of ether oxygens (including phenoxy) is 2. The Labute approximate surface area is 206 Å². The number of para-hydroxylation sites is 1. The van der Waals surface area contributed by atoms with Gasteiger partial charge in [0, 0.05) is 38.3 Å². The largest absolute Gasteiger partial charge is 0.490 e. The number of carboxylic acid groups (broad SMARTS) is 1. The van der Waals surface area contributed by atoms with Crippen LogP contribution in [0.1, 0.15) is 23.1 Å². The van der Waals surface area contributed by atoms with E-state index >= 15 is 0 Å². The van der Waals surface area contributed by atoms with Crippen LogP contribution in [0.2, 0.25) is 0 Å². The summed E-state index contributed by atoms with van der Waals surface area (Å²) in [6.07, 6.45) is 1.30. The van der Waals surface area contributed by atoms with Gasteiger partial charge in [-0.25, -0.2) is 0 Å². The first kappa shape index (κ1) is 23.4. The van der Waals surface area contributed by atoms with E-state index in [-0.39, 0.29) is 6.42 Å². The first-order chi connectivity index (χ1) is 17.1. The summed E-state index contributed by atoms with van der Waals surface area (Å²) >= 11 is 0. The molecule has 0 aromatic heterocycles. The van der Waals surface area contributed by atoms with Crippen LogP contribution in [0.5, 0.6) is 11.5 Å². The van der Waals surface area contributed by atoms with Crippen LogP contribution in [-0.2, 0) is 24.3 Å². The molecule has 5 rings (SSSR count). The number of carbonyl (C=O) groups is 1. The smallest absolute Gasteiger partial charge is 0.307 e. The zero-order chi connectivity index (χ0) is 24.0. The van der Waals surface area contributed by atoms with Gasteiger partial charge in [-0.3, -0.25) is 14.6 Å². The number of hydrogen-bond acceptors (Lipinski definition) is 5. The standard InChI is InChI=1S/C29H32N2O4/c32-29(33)16-22-6-8-23(9-7-22)18-30-20-26-17-25(30)21-31(26)19-24-10-12-28(13-11-24)35-15-14-34-27-4-2-1-3-5-27/h1-13,25-26H,14-21H2,(H,32,33)/t25-,26+/m1/s1. The summed E-state index contributed by atoms with van der Waals surface area (Å²) in [6.45, 7) is 5.12. The molecule has 3 aromatic carbocycles. The molecule has 2 aliphatic rings. The average molecular weight is 473 g/mol. The summed E-state index contributed by atoms with van der Waals surface area (Å²) in [5.74, 6) is 0.942. The highest BCUT2D eigenvalue weighted by Gasteiger charge is 2.42. The zero-order valence-corrected chi connectivity index (χ0v) is 19.9. The minimum Gasteiger partial charge on any atom is -0.490 e. The van der Waals surface area contributed by atoms with Gasteiger partial charge in [-0.15, -0.1) is 0 Å². The Morgan fingerprint density at radius 1 is 0.714 bits per heavy atom. The van der Waals surface area contributed by atoms with Gasteiger partial charge in [0.2, 0.25) is 0 Å². The van der Waals surface area contributed by atoms with Crippen LogP contribution in [0, 0.1) is 0 Å². The van der Waals surface area contributed by atoms with Gasteiger partial charge in [0.1, 0.15) is 24.7 Å². The Morgan fingerprint density at radius 2 is 1.20 bits per heavy atom. The van der Waals surface area contributed by atoms with Crippen LogP contribution < -0.4 is 9.47 Å². The number of likely N-dealkylation sites (tertiary alicyclic amines) is 2. The highest BCUT2D eigenvalue weighted by Crippen LogP contribution is 2.33. The molecule has 2 atom stereocenters. The number of aliphatic carboxylic acids is 1. The Balaban J connectivity index is 1.05. The van der Waals surface area contributed by atoms with Crippen LogP contribution >= 0.6 is 0 Å². The fraction of sp³-hybridized carbons (Fsp3) is 0.345. The lowest BCUT2D eigenvalue weighted by Gasteiger charge is -2.34. The lowest BCUT2D eigenvalue weighted by molar-refractivity contribution is -0.136. The Hall–Kier alpha value is -3.35. The van der Waals surface area contributed by atoms with Crippen LogP contribution in [0.4, 0.5) is 0 Å². The molecule has 0 amide bonds. The third kappa shape index (κ3) is 6.21. The van der Waals surface area contributed by atoms with Crippen molar-refractivity contribution in [2.24, 2.45) is 0 Å². The van der Waals surface area contributed by atoms with Crippen molar-refractivity contribution < 1.29 is 19.4 Å². The second-order valence-corrected chi connectivity index (χ2v) is 9.44. The van der Waals surface area contributed by atoms with Crippen molar-refractivity contribution in [1.29, 1.82) is 0 Å². The first-order valence-electron chi connectivity index (χ1n) is 12.3. The van der Waals surface area contributed by atoms with Crippen molar-refractivity contribution in [3.8, 4) is 11.5 Å². The second-order valence-electron chi connectivity index (χ2n) is 9.44. The number of rotatable bonds is 11. The fourth-order valence-corrected chi connectivity index (χ4v) is 5.15. The number of piperazine rings is 1. The molecule has 6 heteroatoms. The van der Waals surface area contributed by atoms with E-state index in [1.165, 1.54) is 17.5 Å². The monoisotopic (exact) mass is 472 g/mol. The van der Waals surface area contributed by atoms with E-state index in [9.17, 15) is 4.79 Å². The van der Waals surface area contributed by atoms with E-state index in [2.05, 4.69) is 34.1 Å². The van der Waals surface area contributed by atoms with Crippen molar-refractivity contribution in [1.82, 2.24) is 9.80 Å². The summed E-state index contributed by atoms with van der Waals surface area (Å²) in [7, 11) is 0. The molecule has 182 valence electrons. The quantitative estimate of drug-likeness (QED) is 0.422. The van der Waals surface area contributed by atoms with Crippen molar-refractivity contribution in [3.63, 3.8) is 0 Å². The Bertz CT molecular complexity index is 1100. The molecule has 6 nitrogen and oxygen atoms in total. The van der Waals surface area contributed by atoms with Gasteiger partial charge in [0.05, 0.1) is 6.42 Å². The van der Waals surface area contributed by atoms with E-state index < -0.39 is 5.97 Å². The van der Waals surface area contributed by atoms with E-state index in [1.54, 1.807) is 0 Å². The summed E-state index contributed by atoms with van der Waals surface area (Å²) in [6, 6.07) is 27.4. The highest BCUT2D eigenvalue weighted by molar-refractivity contribution is 5.70. The lowest BCUT2D eigenvalue weighted by Crippen LogP contribution is -2.45. The van der Waals surface area contributed by atoms with Crippen LogP contribution in [0.15, 0.2) is 78.9 Å². The lowest BCUT2D eigenvalue weighted by atomic mass is 10.1. The van der Waals surface area contributed by atoms with Crippen molar-refractivity contribution >= 4 is 5.97 Å². The second kappa shape index (κ2) is 10.9. The Morgan fingerprint density at radius 3 is 1.71 bits per heavy atom. The number of fused-ring (bicyclic) bond motifs is 2. The third-order valence-electron chi connectivity index (χ3n) is 6.90. The van der Waals surface area contributed by atoms with Gasteiger partial charge >= 0.3 is 5.97 Å². The number of carboxylic acids is 1. The van der Waals surface area contributed by atoms with Crippen LogP contribution in [-0.4, -0.2) is 59.3 Å². The minimum atomic E-state index is -0.787. The molecule has 2 aliphatic heterocycles. The van der Waals surface area contributed by atoms with E-state index in [4.69, 9.17) is 14.6 Å². The van der Waals surface area contributed by atoms with Crippen molar-refractivity contribution in [2.75, 3.05) is 26.3 Å². The molecule has 1 N–H and O–H groups in total. The molecule has 3 aromatic rings. The van der Waals surface area contributed by atoms with Crippen LogP contribution in [0.3, 0.4) is 0 Å². The van der Waals surface area contributed by atoms with E-state index in [0.29, 0.717) is 25.3 Å². The topological polar surface area (TPSA) is 62.2 Å². The van der Waals surface area contributed by atoms with Gasteiger partial charge in [-0.05, 0) is 47.4 Å². The maximum atomic E-state index is 10.9. The highest BCUT2D eigenvalue weighted by atomic mass is 16.5. The third-order valence-corrected chi connectivity index (χ3v) is 6.90. The van der Waals surface area contributed by atoms with Gasteiger partial charge < -0.3 is 14.6 Å². The fourth-order valence-electron chi connectivity index (χ4n) is 5.15. The molecule has 2 heterocycles. The summed E-state index contributed by atoms with van der Waals surface area (Å²) < 4.78 is 11.5. The summed E-state index contributed by atoms with van der Waals surface area (Å²) in [5, 5.41) is 8.94. The maximum Gasteiger partial charge on any atom is 0.307 e. The Kier molecular flexibility index (Phi) is 7.31. The van der Waals surface area contributed by atoms with Crippen molar-refractivity contribution in [3.05, 3.63) is 95.6 Å². The van der Waals surface area contributed by atoms with Crippen LogP contribution in [0.25, 0.3) is 0 Å². The molecule has 0 saturated carbocycles. The average Bonchev–Trinajstić information content (AvgIpc) is 3.44.